The topological polar surface area (TPSA) is 66.6 Å². The lowest BCUT2D eigenvalue weighted by molar-refractivity contribution is -0.136. The molecule has 6 heteroatoms. The molecule has 126 valence electrons. The molecule has 1 fully saturated rings. The molecule has 5 nitrogen and oxygen atoms in total. The number of halogens is 1. The summed E-state index contributed by atoms with van der Waals surface area (Å²) in [5.41, 5.74) is 5.62. The normalized spacial score (nSPS) is 16.2. The van der Waals surface area contributed by atoms with Crippen molar-refractivity contribution in [2.45, 2.75) is 32.2 Å². The molecule has 23 heavy (non-hydrogen) atoms. The third-order valence-electron chi connectivity index (χ3n) is 3.93. The van der Waals surface area contributed by atoms with E-state index in [0.29, 0.717) is 31.7 Å². The molecule has 0 unspecified atom stereocenters. The molecule has 1 aromatic rings. The molecule has 0 bridgehead atoms. The van der Waals surface area contributed by atoms with E-state index >= 15 is 0 Å². The van der Waals surface area contributed by atoms with Gasteiger partial charge in [-0.25, -0.2) is 4.39 Å². The number of hydrogen-bond acceptors (Lipinski definition) is 3. The summed E-state index contributed by atoms with van der Waals surface area (Å²) in [6, 6.07) is 6.08. The van der Waals surface area contributed by atoms with Gasteiger partial charge in [0.1, 0.15) is 5.82 Å². The summed E-state index contributed by atoms with van der Waals surface area (Å²) >= 11 is 0. The van der Waals surface area contributed by atoms with Crippen molar-refractivity contribution in [3.05, 3.63) is 35.6 Å². The largest absolute Gasteiger partial charge is 0.341 e. The summed E-state index contributed by atoms with van der Waals surface area (Å²) in [6.07, 6.45) is 0.894. The Morgan fingerprint density at radius 1 is 1.17 bits per heavy atom. The summed E-state index contributed by atoms with van der Waals surface area (Å²) in [6.45, 7) is 5.54. The van der Waals surface area contributed by atoms with Gasteiger partial charge in [-0.3, -0.25) is 9.59 Å². The molecule has 0 aromatic heterocycles. The summed E-state index contributed by atoms with van der Waals surface area (Å²) in [5.74, 6) is -0.484. The van der Waals surface area contributed by atoms with Gasteiger partial charge >= 0.3 is 0 Å². The number of carbonyl (C=O) groups is 2. The third-order valence-corrected chi connectivity index (χ3v) is 3.93. The highest BCUT2D eigenvalue weighted by atomic mass is 19.1. The van der Waals surface area contributed by atoms with E-state index in [-0.39, 0.29) is 24.1 Å². The van der Waals surface area contributed by atoms with Crippen LogP contribution in [-0.4, -0.2) is 53.3 Å². The van der Waals surface area contributed by atoms with Gasteiger partial charge in [0, 0.05) is 26.2 Å². The van der Waals surface area contributed by atoms with E-state index in [4.69, 9.17) is 5.73 Å². The molecule has 2 N–H and O–H groups in total. The Hall–Kier alpha value is -1.95. The van der Waals surface area contributed by atoms with Gasteiger partial charge in [0.05, 0.1) is 12.0 Å². The zero-order valence-electron chi connectivity index (χ0n) is 13.7. The molecule has 2 amide bonds. The maximum Gasteiger partial charge on any atom is 0.242 e. The average molecular weight is 321 g/mol. The number of nitrogens with zero attached hydrogens (tertiary/aromatic N) is 2. The Morgan fingerprint density at radius 3 is 2.48 bits per heavy atom. The fourth-order valence-corrected chi connectivity index (χ4v) is 2.71. The van der Waals surface area contributed by atoms with Crippen molar-refractivity contribution in [1.29, 1.82) is 0 Å². The minimum atomic E-state index is -0.902. The molecule has 1 aliphatic heterocycles. The highest BCUT2D eigenvalue weighted by Crippen LogP contribution is 2.11. The predicted octanol–water partition coefficient (Wildman–Crippen LogP) is 1.17. The van der Waals surface area contributed by atoms with E-state index in [9.17, 15) is 14.0 Å². The van der Waals surface area contributed by atoms with Crippen molar-refractivity contribution in [3.8, 4) is 0 Å². The van der Waals surface area contributed by atoms with Crippen LogP contribution in [0.25, 0.3) is 0 Å². The van der Waals surface area contributed by atoms with Crippen LogP contribution in [0.2, 0.25) is 0 Å². The zero-order valence-corrected chi connectivity index (χ0v) is 13.7. The molecule has 0 radical (unpaired) electrons. The number of hydrogen-bond donors (Lipinski definition) is 1. The Balaban J connectivity index is 1.95. The predicted molar refractivity (Wildman–Crippen MR) is 86.1 cm³/mol. The van der Waals surface area contributed by atoms with Gasteiger partial charge in [-0.2, -0.15) is 0 Å². The van der Waals surface area contributed by atoms with E-state index in [1.807, 2.05) is 0 Å². The van der Waals surface area contributed by atoms with Gasteiger partial charge in [0.2, 0.25) is 11.8 Å². The maximum atomic E-state index is 13.2. The molecule has 0 spiro atoms. The summed E-state index contributed by atoms with van der Waals surface area (Å²) in [4.78, 5) is 28.1. The first-order valence-electron chi connectivity index (χ1n) is 7.88. The summed E-state index contributed by atoms with van der Waals surface area (Å²) in [7, 11) is 0. The second-order valence-electron chi connectivity index (χ2n) is 6.55. The Labute approximate surface area is 136 Å². The highest BCUT2D eigenvalue weighted by molar-refractivity contribution is 5.85. The molecule has 1 aliphatic rings. The smallest absolute Gasteiger partial charge is 0.242 e. The lowest BCUT2D eigenvalue weighted by Gasteiger charge is -2.28. The van der Waals surface area contributed by atoms with Gasteiger partial charge in [-0.15, -0.1) is 0 Å². The molecule has 2 rings (SSSR count). The fraction of sp³-hybridized carbons (Fsp3) is 0.529. The van der Waals surface area contributed by atoms with Crippen LogP contribution in [0.5, 0.6) is 0 Å². The molecular weight excluding hydrogens is 297 g/mol. The van der Waals surface area contributed by atoms with Crippen LogP contribution in [0, 0.1) is 5.82 Å². The van der Waals surface area contributed by atoms with E-state index in [1.54, 1.807) is 35.8 Å². The fourth-order valence-electron chi connectivity index (χ4n) is 2.71. The van der Waals surface area contributed by atoms with Crippen molar-refractivity contribution < 1.29 is 14.0 Å². The SMILES string of the molecule is CC(C)(N)C(=O)N1CCCN(C(=O)Cc2cccc(F)c2)CC1. The molecular formula is C17H24FN3O2. The van der Waals surface area contributed by atoms with Gasteiger partial charge < -0.3 is 15.5 Å². The van der Waals surface area contributed by atoms with Crippen LogP contribution in [0.15, 0.2) is 24.3 Å². The van der Waals surface area contributed by atoms with Gasteiger partial charge in [-0.05, 0) is 38.0 Å². The van der Waals surface area contributed by atoms with Crippen molar-refractivity contribution in [3.63, 3.8) is 0 Å². The second-order valence-corrected chi connectivity index (χ2v) is 6.55. The molecule has 1 saturated heterocycles. The lowest BCUT2D eigenvalue weighted by atomic mass is 10.1. The van der Waals surface area contributed by atoms with Crippen LogP contribution >= 0.6 is 0 Å². The zero-order chi connectivity index (χ0) is 17.0. The molecule has 0 saturated carbocycles. The highest BCUT2D eigenvalue weighted by Gasteiger charge is 2.29. The van der Waals surface area contributed by atoms with Gasteiger partial charge in [-0.1, -0.05) is 12.1 Å². The Morgan fingerprint density at radius 2 is 1.83 bits per heavy atom. The van der Waals surface area contributed by atoms with E-state index in [2.05, 4.69) is 0 Å². The van der Waals surface area contributed by atoms with Gasteiger partial charge in [0.15, 0.2) is 0 Å². The first kappa shape index (κ1) is 17.4. The minimum Gasteiger partial charge on any atom is -0.341 e. The maximum absolute atomic E-state index is 13.2. The molecule has 0 aliphatic carbocycles. The second kappa shape index (κ2) is 7.08. The first-order chi connectivity index (χ1) is 10.8. The standard InChI is InChI=1S/C17H24FN3O2/c1-17(2,19)16(23)21-8-4-7-20(9-10-21)15(22)12-13-5-3-6-14(18)11-13/h3,5-6,11H,4,7-10,12,19H2,1-2H3. The minimum absolute atomic E-state index is 0.0445. The van der Waals surface area contributed by atoms with Crippen LogP contribution in [0.4, 0.5) is 4.39 Å². The van der Waals surface area contributed by atoms with Crippen molar-refractivity contribution in [2.24, 2.45) is 5.73 Å². The number of benzene rings is 1. The van der Waals surface area contributed by atoms with E-state index in [0.717, 1.165) is 6.42 Å². The third kappa shape index (κ3) is 4.76. The van der Waals surface area contributed by atoms with Crippen molar-refractivity contribution in [2.75, 3.05) is 26.2 Å². The van der Waals surface area contributed by atoms with Crippen LogP contribution in [0.1, 0.15) is 25.8 Å². The van der Waals surface area contributed by atoms with Crippen LogP contribution in [-0.2, 0) is 16.0 Å². The number of rotatable bonds is 3. The van der Waals surface area contributed by atoms with Crippen LogP contribution < -0.4 is 5.73 Å². The molecule has 0 atom stereocenters. The molecule has 1 aromatic carbocycles. The number of amides is 2. The summed E-state index contributed by atoms with van der Waals surface area (Å²) in [5, 5.41) is 0. The Kier molecular flexibility index (Phi) is 5.36. The van der Waals surface area contributed by atoms with E-state index in [1.165, 1.54) is 12.1 Å². The monoisotopic (exact) mass is 321 g/mol. The van der Waals surface area contributed by atoms with Crippen molar-refractivity contribution in [1.82, 2.24) is 9.80 Å². The van der Waals surface area contributed by atoms with Crippen LogP contribution in [0.3, 0.4) is 0 Å². The first-order valence-corrected chi connectivity index (χ1v) is 7.88. The lowest BCUT2D eigenvalue weighted by Crippen LogP contribution is -2.52. The number of nitrogens with two attached hydrogens (primary N) is 1. The summed E-state index contributed by atoms with van der Waals surface area (Å²) < 4.78 is 13.2. The van der Waals surface area contributed by atoms with Gasteiger partial charge in [0.25, 0.3) is 0 Å². The van der Waals surface area contributed by atoms with Crippen molar-refractivity contribution >= 4 is 11.8 Å². The number of carbonyl (C=O) groups excluding carboxylic acids is 2. The molecule has 1 heterocycles. The Bertz CT molecular complexity index is 583. The quantitative estimate of drug-likeness (QED) is 0.909. The van der Waals surface area contributed by atoms with E-state index < -0.39 is 5.54 Å². The average Bonchev–Trinajstić information content (AvgIpc) is 2.71.